The molecule has 1 unspecified atom stereocenters. The summed E-state index contributed by atoms with van der Waals surface area (Å²) in [5.41, 5.74) is 0.426. The van der Waals surface area contributed by atoms with E-state index in [1.54, 1.807) is 0 Å². The van der Waals surface area contributed by atoms with E-state index >= 15 is 0 Å². The van der Waals surface area contributed by atoms with E-state index in [1.165, 1.54) is 24.3 Å². The van der Waals surface area contributed by atoms with Gasteiger partial charge in [0.25, 0.3) is 0 Å². The zero-order valence-corrected chi connectivity index (χ0v) is 12.5. The fraction of sp³-hybridized carbons (Fsp3) is 0.125. The van der Waals surface area contributed by atoms with E-state index in [9.17, 15) is 17.9 Å². The number of hydrogen-bond acceptors (Lipinski definition) is 5. The Kier molecular flexibility index (Phi) is 9.06. The van der Waals surface area contributed by atoms with E-state index in [1.807, 2.05) is 0 Å². The Labute approximate surface area is 126 Å². The van der Waals surface area contributed by atoms with Crippen LogP contribution < -0.4 is 34.9 Å². The van der Waals surface area contributed by atoms with Gasteiger partial charge >= 0.3 is 29.6 Å². The van der Waals surface area contributed by atoms with Gasteiger partial charge in [-0.3, -0.25) is 4.79 Å². The van der Waals surface area contributed by atoms with Crippen molar-refractivity contribution in [1.82, 2.24) is 0 Å². The van der Waals surface area contributed by atoms with Gasteiger partial charge in [0.15, 0.2) is 0 Å². The summed E-state index contributed by atoms with van der Waals surface area (Å²) in [6.07, 6.45) is 0. The molecule has 9 heteroatoms. The van der Waals surface area contributed by atoms with Crippen LogP contribution in [0.25, 0.3) is 0 Å². The second-order valence-electron chi connectivity index (χ2n) is 2.59. The molecule has 0 saturated carbocycles. The topological polar surface area (TPSA) is 78.5 Å². The van der Waals surface area contributed by atoms with Crippen LogP contribution in [0.15, 0.2) is 24.3 Å². The normalized spacial score (nSPS) is 11.4. The smallest absolute Gasteiger partial charge is 0.749 e. The maximum Gasteiger partial charge on any atom is 1.00 e. The van der Waals surface area contributed by atoms with Gasteiger partial charge in [-0.1, -0.05) is 0 Å². The molecule has 1 N–H and O–H groups in total. The van der Waals surface area contributed by atoms with Crippen LogP contribution in [-0.4, -0.2) is 20.4 Å². The van der Waals surface area contributed by atoms with Gasteiger partial charge in [0.1, 0.15) is 11.6 Å². The Morgan fingerprint density at radius 3 is 2.59 bits per heavy atom. The summed E-state index contributed by atoms with van der Waals surface area (Å²) in [5.74, 6) is -1.02. The monoisotopic (exact) mass is 287 g/mol. The SMILES string of the molecule is O=C(CSOS(=O)[O-])Nc1ccc(F)cc1.[Na+]. The summed E-state index contributed by atoms with van der Waals surface area (Å²) in [4.78, 5) is 11.2. The molecular weight excluding hydrogens is 280 g/mol. The maximum atomic E-state index is 12.5. The van der Waals surface area contributed by atoms with E-state index in [2.05, 4.69) is 8.95 Å². The molecule has 0 saturated heterocycles. The number of carbonyl (C=O) groups is 1. The Morgan fingerprint density at radius 2 is 2.06 bits per heavy atom. The molecule has 88 valence electrons. The second-order valence-corrected chi connectivity index (χ2v) is 4.07. The van der Waals surface area contributed by atoms with Crippen molar-refractivity contribution in [1.29, 1.82) is 0 Å². The Hall–Kier alpha value is 0.0400. The van der Waals surface area contributed by atoms with E-state index in [-0.39, 0.29) is 35.3 Å². The largest absolute Gasteiger partial charge is 1.00 e. The average molecular weight is 287 g/mol. The predicted octanol–water partition coefficient (Wildman–Crippen LogP) is -1.77. The third kappa shape index (κ3) is 7.87. The number of benzene rings is 1. The van der Waals surface area contributed by atoms with Crippen molar-refractivity contribution in [3.63, 3.8) is 0 Å². The van der Waals surface area contributed by atoms with Gasteiger partial charge in [0.2, 0.25) is 5.91 Å². The van der Waals surface area contributed by atoms with Crippen molar-refractivity contribution in [3.8, 4) is 0 Å². The third-order valence-corrected chi connectivity index (χ3v) is 2.63. The van der Waals surface area contributed by atoms with Gasteiger partial charge in [0, 0.05) is 17.7 Å². The van der Waals surface area contributed by atoms with Crippen LogP contribution in [0.2, 0.25) is 0 Å². The minimum Gasteiger partial charge on any atom is -0.749 e. The summed E-state index contributed by atoms with van der Waals surface area (Å²) >= 11 is -2.16. The first-order valence-corrected chi connectivity index (χ1v) is 5.93. The molecule has 0 aliphatic heterocycles. The molecule has 0 spiro atoms. The quantitative estimate of drug-likeness (QED) is 0.394. The van der Waals surface area contributed by atoms with Crippen molar-refractivity contribution in [2.24, 2.45) is 0 Å². The molecule has 1 rings (SSSR count). The van der Waals surface area contributed by atoms with Crippen molar-refractivity contribution in [3.05, 3.63) is 30.1 Å². The summed E-state index contributed by atoms with van der Waals surface area (Å²) in [6.45, 7) is 0. The van der Waals surface area contributed by atoms with Crippen LogP contribution in [0.1, 0.15) is 0 Å². The maximum absolute atomic E-state index is 12.5. The molecule has 0 heterocycles. The number of rotatable bonds is 5. The van der Waals surface area contributed by atoms with Crippen LogP contribution >= 0.6 is 12.0 Å². The number of amides is 1. The molecule has 0 aliphatic carbocycles. The van der Waals surface area contributed by atoms with E-state index < -0.39 is 23.1 Å². The third-order valence-electron chi connectivity index (χ3n) is 1.42. The molecular formula is C8H7FNNaO4S2. The fourth-order valence-corrected chi connectivity index (χ4v) is 1.53. The van der Waals surface area contributed by atoms with Crippen molar-refractivity contribution in [2.45, 2.75) is 0 Å². The number of nitrogens with one attached hydrogen (secondary N) is 1. The van der Waals surface area contributed by atoms with Crippen LogP contribution in [-0.2, 0) is 19.8 Å². The summed E-state index contributed by atoms with van der Waals surface area (Å²) in [7, 11) is 0. The van der Waals surface area contributed by atoms with E-state index in [0.717, 1.165) is 0 Å². The van der Waals surface area contributed by atoms with E-state index in [4.69, 9.17) is 0 Å². The van der Waals surface area contributed by atoms with Gasteiger partial charge in [-0.25, -0.2) is 12.2 Å². The fourth-order valence-electron chi connectivity index (χ4n) is 0.847. The number of hydrogen-bond donors (Lipinski definition) is 1. The van der Waals surface area contributed by atoms with Crippen molar-refractivity contribution < 1.29 is 51.1 Å². The summed E-state index contributed by atoms with van der Waals surface area (Å²) < 4.78 is 36.5. The molecule has 17 heavy (non-hydrogen) atoms. The molecule has 0 fully saturated rings. The number of carbonyl (C=O) groups excluding carboxylic acids is 1. The molecule has 0 aliphatic rings. The van der Waals surface area contributed by atoms with Gasteiger partial charge in [-0.15, -0.1) is 0 Å². The molecule has 1 amide bonds. The van der Waals surface area contributed by atoms with Crippen LogP contribution in [0.4, 0.5) is 10.1 Å². The van der Waals surface area contributed by atoms with Crippen LogP contribution in [0.5, 0.6) is 0 Å². The molecule has 5 nitrogen and oxygen atoms in total. The molecule has 0 radical (unpaired) electrons. The Morgan fingerprint density at radius 1 is 1.47 bits per heavy atom. The molecule has 0 bridgehead atoms. The van der Waals surface area contributed by atoms with Crippen molar-refractivity contribution >= 4 is 35.0 Å². The number of anilines is 1. The van der Waals surface area contributed by atoms with Crippen LogP contribution in [0.3, 0.4) is 0 Å². The minimum atomic E-state index is -2.65. The summed E-state index contributed by atoms with van der Waals surface area (Å²) in [5, 5.41) is 2.44. The van der Waals surface area contributed by atoms with Gasteiger partial charge < -0.3 is 9.87 Å². The second kappa shape index (κ2) is 9.03. The first-order chi connectivity index (χ1) is 7.58. The standard InChI is InChI=1S/C8H8FNO4S2.Na/c9-6-1-3-7(4-2-6)10-8(11)5-15-14-16(12)13;/h1-4H,5H2,(H,10,11)(H,12,13);/q;+1/p-1. The first kappa shape index (κ1) is 17.0. The molecule has 1 aromatic carbocycles. The van der Waals surface area contributed by atoms with E-state index in [0.29, 0.717) is 17.7 Å². The van der Waals surface area contributed by atoms with Gasteiger partial charge in [0.05, 0.1) is 11.4 Å². The minimum absolute atomic E-state index is 0. The zero-order chi connectivity index (χ0) is 12.0. The Bertz CT molecular complexity index is 390. The van der Waals surface area contributed by atoms with Gasteiger partial charge in [-0.05, 0) is 24.3 Å². The Balaban J connectivity index is 0.00000256. The number of halogens is 1. The van der Waals surface area contributed by atoms with Crippen molar-refractivity contribution in [2.75, 3.05) is 11.1 Å². The molecule has 0 aromatic heterocycles. The van der Waals surface area contributed by atoms with Gasteiger partial charge in [-0.2, -0.15) is 0 Å². The first-order valence-electron chi connectivity index (χ1n) is 4.02. The van der Waals surface area contributed by atoms with Crippen LogP contribution in [0, 0.1) is 5.82 Å². The molecule has 1 atom stereocenters. The zero-order valence-electron chi connectivity index (χ0n) is 8.84. The summed E-state index contributed by atoms with van der Waals surface area (Å²) in [6, 6.07) is 5.19. The predicted molar refractivity (Wildman–Crippen MR) is 57.5 cm³/mol. The molecule has 1 aromatic rings. The average Bonchev–Trinajstić information content (AvgIpc) is 2.21.